The van der Waals surface area contributed by atoms with Gasteiger partial charge in [-0.15, -0.1) is 0 Å². The molecule has 2 aliphatic rings. The lowest BCUT2D eigenvalue weighted by molar-refractivity contribution is -0.122. The van der Waals surface area contributed by atoms with Crippen LogP contribution in [0.15, 0.2) is 18.3 Å². The van der Waals surface area contributed by atoms with Gasteiger partial charge >= 0.3 is 0 Å². The van der Waals surface area contributed by atoms with Crippen molar-refractivity contribution in [2.45, 2.75) is 26.3 Å². The van der Waals surface area contributed by atoms with Crippen molar-refractivity contribution < 1.29 is 4.79 Å². The molecule has 2 aliphatic heterocycles. The van der Waals surface area contributed by atoms with Crippen molar-refractivity contribution >= 4 is 11.7 Å². The molecular weight excluding hydrogens is 314 g/mol. The smallest absolute Gasteiger partial charge is 0.234 e. The molecule has 3 rings (SSSR count). The molecule has 0 spiro atoms. The Morgan fingerprint density at radius 1 is 1.28 bits per heavy atom. The van der Waals surface area contributed by atoms with E-state index in [2.05, 4.69) is 45.0 Å². The normalized spacial score (nSPS) is 22.8. The van der Waals surface area contributed by atoms with Crippen molar-refractivity contribution in [2.24, 2.45) is 5.92 Å². The summed E-state index contributed by atoms with van der Waals surface area (Å²) in [4.78, 5) is 23.8. The summed E-state index contributed by atoms with van der Waals surface area (Å²) in [6.45, 7) is 9.48. The fraction of sp³-hybridized carbons (Fsp3) is 0.684. The van der Waals surface area contributed by atoms with E-state index in [1.807, 2.05) is 12.3 Å². The average Bonchev–Trinajstić information content (AvgIpc) is 2.61. The fourth-order valence-corrected chi connectivity index (χ4v) is 3.75. The number of carbonyl (C=O) groups excluding carboxylic acids is 1. The Hall–Kier alpha value is -1.66. The van der Waals surface area contributed by atoms with Crippen molar-refractivity contribution in [1.29, 1.82) is 0 Å². The Morgan fingerprint density at radius 3 is 2.84 bits per heavy atom. The van der Waals surface area contributed by atoms with Crippen LogP contribution >= 0.6 is 0 Å². The van der Waals surface area contributed by atoms with Gasteiger partial charge < -0.3 is 15.1 Å². The summed E-state index contributed by atoms with van der Waals surface area (Å²) in [7, 11) is 2.15. The fourth-order valence-electron chi connectivity index (χ4n) is 3.75. The minimum atomic E-state index is 0.113. The van der Waals surface area contributed by atoms with Gasteiger partial charge in [-0.1, -0.05) is 13.0 Å². The van der Waals surface area contributed by atoms with E-state index in [-0.39, 0.29) is 5.91 Å². The van der Waals surface area contributed by atoms with Crippen LogP contribution in [0.3, 0.4) is 0 Å². The quantitative estimate of drug-likeness (QED) is 0.869. The van der Waals surface area contributed by atoms with Crippen LogP contribution in [0.2, 0.25) is 0 Å². The molecule has 1 aromatic rings. The van der Waals surface area contributed by atoms with E-state index in [1.54, 1.807) is 0 Å². The third-order valence-electron chi connectivity index (χ3n) is 5.25. The molecule has 6 heteroatoms. The van der Waals surface area contributed by atoms with Crippen LogP contribution in [0.25, 0.3) is 0 Å². The van der Waals surface area contributed by atoms with Gasteiger partial charge in [-0.3, -0.25) is 9.69 Å². The van der Waals surface area contributed by atoms with Crippen molar-refractivity contribution in [2.75, 3.05) is 57.8 Å². The Morgan fingerprint density at radius 2 is 2.08 bits per heavy atom. The maximum Gasteiger partial charge on any atom is 0.234 e. The summed E-state index contributed by atoms with van der Waals surface area (Å²) < 4.78 is 0. The molecule has 138 valence electrons. The summed E-state index contributed by atoms with van der Waals surface area (Å²) >= 11 is 0. The van der Waals surface area contributed by atoms with Crippen molar-refractivity contribution in [3.05, 3.63) is 23.9 Å². The number of likely N-dealkylation sites (N-methyl/N-ethyl adjacent to an activating group) is 1. The molecule has 1 amide bonds. The number of amides is 1. The van der Waals surface area contributed by atoms with Gasteiger partial charge in [0.25, 0.3) is 0 Å². The number of carbonyl (C=O) groups is 1. The molecular formula is C19H31N5O. The maximum atomic E-state index is 12.3. The Kier molecular flexibility index (Phi) is 6.26. The van der Waals surface area contributed by atoms with E-state index in [0.717, 1.165) is 50.6 Å². The van der Waals surface area contributed by atoms with Crippen LogP contribution in [0.4, 0.5) is 5.82 Å². The maximum absolute atomic E-state index is 12.3. The molecule has 2 fully saturated rings. The summed E-state index contributed by atoms with van der Waals surface area (Å²) in [5, 5.41) is 3.09. The highest BCUT2D eigenvalue weighted by molar-refractivity contribution is 5.78. The minimum Gasteiger partial charge on any atom is -0.354 e. The monoisotopic (exact) mass is 345 g/mol. The number of likely N-dealkylation sites (tertiary alicyclic amines) is 1. The number of pyridine rings is 1. The number of rotatable bonds is 5. The topological polar surface area (TPSA) is 51.7 Å². The van der Waals surface area contributed by atoms with Crippen LogP contribution in [-0.2, 0) is 11.3 Å². The first-order valence-corrected chi connectivity index (χ1v) is 9.48. The number of anilines is 1. The highest BCUT2D eigenvalue weighted by atomic mass is 16.2. The summed E-state index contributed by atoms with van der Waals surface area (Å²) in [5.41, 5.74) is 1.10. The zero-order valence-electron chi connectivity index (χ0n) is 15.6. The first kappa shape index (κ1) is 18.1. The lowest BCUT2D eigenvalue weighted by atomic mass is 10.0. The third kappa shape index (κ3) is 5.16. The van der Waals surface area contributed by atoms with Crippen LogP contribution < -0.4 is 10.2 Å². The van der Waals surface area contributed by atoms with Crippen LogP contribution in [0, 0.1) is 5.92 Å². The number of aromatic nitrogens is 1. The molecule has 1 N–H and O–H groups in total. The molecule has 0 saturated carbocycles. The number of piperazine rings is 1. The van der Waals surface area contributed by atoms with E-state index in [1.165, 1.54) is 12.8 Å². The first-order valence-electron chi connectivity index (χ1n) is 9.48. The summed E-state index contributed by atoms with van der Waals surface area (Å²) in [6, 6.07) is 4.03. The SMILES string of the molecule is CC1CCCN(CC(=O)NCc2cccnc2N2CCN(C)CC2)C1. The molecule has 0 aliphatic carbocycles. The van der Waals surface area contributed by atoms with Gasteiger partial charge in [-0.05, 0) is 38.4 Å². The molecule has 0 radical (unpaired) electrons. The molecule has 3 heterocycles. The lowest BCUT2D eigenvalue weighted by Gasteiger charge is -2.34. The van der Waals surface area contributed by atoms with Crippen molar-refractivity contribution in [3.63, 3.8) is 0 Å². The van der Waals surface area contributed by atoms with E-state index in [0.29, 0.717) is 19.0 Å². The zero-order chi connectivity index (χ0) is 17.6. The Balaban J connectivity index is 1.53. The second-order valence-electron chi connectivity index (χ2n) is 7.54. The Labute approximate surface area is 151 Å². The second-order valence-corrected chi connectivity index (χ2v) is 7.54. The number of hydrogen-bond acceptors (Lipinski definition) is 5. The second kappa shape index (κ2) is 8.63. The molecule has 0 aromatic carbocycles. The number of nitrogens with zero attached hydrogens (tertiary/aromatic N) is 4. The number of hydrogen-bond donors (Lipinski definition) is 1. The van der Waals surface area contributed by atoms with Crippen LogP contribution in [-0.4, -0.2) is 73.6 Å². The predicted octanol–water partition coefficient (Wildman–Crippen LogP) is 1.18. The van der Waals surface area contributed by atoms with Gasteiger partial charge in [0.15, 0.2) is 0 Å². The van der Waals surface area contributed by atoms with Gasteiger partial charge in [0.05, 0.1) is 6.54 Å². The van der Waals surface area contributed by atoms with Gasteiger partial charge in [-0.25, -0.2) is 4.98 Å². The van der Waals surface area contributed by atoms with Gasteiger partial charge in [0.1, 0.15) is 5.82 Å². The van der Waals surface area contributed by atoms with E-state index >= 15 is 0 Å². The van der Waals surface area contributed by atoms with E-state index < -0.39 is 0 Å². The molecule has 25 heavy (non-hydrogen) atoms. The molecule has 2 saturated heterocycles. The van der Waals surface area contributed by atoms with Crippen molar-refractivity contribution in [1.82, 2.24) is 20.1 Å². The average molecular weight is 345 g/mol. The first-order chi connectivity index (χ1) is 12.1. The largest absolute Gasteiger partial charge is 0.354 e. The molecule has 6 nitrogen and oxygen atoms in total. The molecule has 1 atom stereocenters. The Bertz CT molecular complexity index is 571. The highest BCUT2D eigenvalue weighted by Gasteiger charge is 2.20. The third-order valence-corrected chi connectivity index (χ3v) is 5.25. The lowest BCUT2D eigenvalue weighted by Crippen LogP contribution is -2.45. The van der Waals surface area contributed by atoms with Gasteiger partial charge in [-0.2, -0.15) is 0 Å². The zero-order valence-corrected chi connectivity index (χ0v) is 15.6. The molecule has 1 unspecified atom stereocenters. The summed E-state index contributed by atoms with van der Waals surface area (Å²) in [6.07, 6.45) is 4.32. The minimum absolute atomic E-state index is 0.113. The van der Waals surface area contributed by atoms with Gasteiger partial charge in [0.2, 0.25) is 5.91 Å². The van der Waals surface area contributed by atoms with E-state index in [9.17, 15) is 4.79 Å². The van der Waals surface area contributed by atoms with E-state index in [4.69, 9.17) is 0 Å². The molecule has 1 aromatic heterocycles. The van der Waals surface area contributed by atoms with Crippen LogP contribution in [0.5, 0.6) is 0 Å². The summed E-state index contributed by atoms with van der Waals surface area (Å²) in [5.74, 6) is 1.83. The highest BCUT2D eigenvalue weighted by Crippen LogP contribution is 2.19. The van der Waals surface area contributed by atoms with Crippen molar-refractivity contribution in [3.8, 4) is 0 Å². The standard InChI is InChI=1S/C19H31N5O/c1-16-5-4-8-23(14-16)15-18(25)21-13-17-6-3-7-20-19(17)24-11-9-22(2)10-12-24/h3,6-7,16H,4-5,8-15H2,1-2H3,(H,21,25). The predicted molar refractivity (Wildman–Crippen MR) is 101 cm³/mol. The number of nitrogens with one attached hydrogen (secondary N) is 1. The van der Waals surface area contributed by atoms with Gasteiger partial charge in [0, 0.05) is 51.0 Å². The van der Waals surface area contributed by atoms with Crippen LogP contribution in [0.1, 0.15) is 25.3 Å². The number of piperidine rings is 1. The molecule has 0 bridgehead atoms.